The maximum atomic E-state index is 13.1. The minimum absolute atomic E-state index is 0.0348. The van der Waals surface area contributed by atoms with Crippen molar-refractivity contribution in [2.75, 3.05) is 18.6 Å². The van der Waals surface area contributed by atoms with E-state index in [1.165, 1.54) is 32.1 Å². The molecule has 2 unspecified atom stereocenters. The highest BCUT2D eigenvalue weighted by atomic mass is 16.3. The van der Waals surface area contributed by atoms with Gasteiger partial charge >= 0.3 is 0 Å². The highest BCUT2D eigenvalue weighted by Gasteiger charge is 2.48. The van der Waals surface area contributed by atoms with Crippen molar-refractivity contribution in [3.8, 4) is 0 Å². The number of para-hydroxylation sites is 1. The number of aliphatic hydroxyl groups excluding tert-OH is 2. The van der Waals surface area contributed by atoms with Crippen molar-refractivity contribution >= 4 is 22.7 Å². The zero-order valence-electron chi connectivity index (χ0n) is 23.8. The Morgan fingerprint density at radius 2 is 1.59 bits per heavy atom. The SMILES string of the molecule is Cc1c(CCC(=O)NC(CO)C(O)c2ccccc2)c2ccccc2n1NCC(=O)NC1C2CC3CC(C2)CC1C3. The molecule has 4 bridgehead atoms. The molecule has 0 saturated heterocycles. The standard InChI is InChI=1S/C33H42N4O4/c1-20-26(11-12-30(39)35-28(19-38)33(41)23-7-3-2-4-8-23)27-9-5-6-10-29(27)37(20)34-18-31(40)36-32-24-14-21-13-22(16-24)17-25(32)15-21/h2-10,21-22,24-25,28,32-34,38,41H,11-19H2,1H3,(H,35,39)(H,36,40). The van der Waals surface area contributed by atoms with Gasteiger partial charge in [-0.1, -0.05) is 48.5 Å². The molecule has 5 N–H and O–H groups in total. The minimum Gasteiger partial charge on any atom is -0.394 e. The molecule has 4 aliphatic rings. The van der Waals surface area contributed by atoms with Crippen molar-refractivity contribution in [3.63, 3.8) is 0 Å². The highest BCUT2D eigenvalue weighted by molar-refractivity contribution is 5.87. The first-order valence-electron chi connectivity index (χ1n) is 15.2. The van der Waals surface area contributed by atoms with Gasteiger partial charge in [0.05, 0.1) is 18.2 Å². The lowest BCUT2D eigenvalue weighted by Gasteiger charge is -2.54. The summed E-state index contributed by atoms with van der Waals surface area (Å²) in [7, 11) is 0. The Balaban J connectivity index is 1.08. The van der Waals surface area contributed by atoms with Crippen LogP contribution >= 0.6 is 0 Å². The maximum Gasteiger partial charge on any atom is 0.241 e. The van der Waals surface area contributed by atoms with Gasteiger partial charge in [0.15, 0.2) is 0 Å². The Hall–Kier alpha value is -3.36. The van der Waals surface area contributed by atoms with E-state index in [9.17, 15) is 19.8 Å². The van der Waals surface area contributed by atoms with Gasteiger partial charge in [0.25, 0.3) is 0 Å². The molecule has 8 nitrogen and oxygen atoms in total. The molecule has 4 fully saturated rings. The molecule has 0 spiro atoms. The van der Waals surface area contributed by atoms with Crippen molar-refractivity contribution < 1.29 is 19.8 Å². The topological polar surface area (TPSA) is 116 Å². The van der Waals surface area contributed by atoms with Crippen LogP contribution in [0.15, 0.2) is 54.6 Å². The molecule has 2 aromatic carbocycles. The number of carbonyl (C=O) groups is 2. The van der Waals surface area contributed by atoms with E-state index in [1.54, 1.807) is 12.1 Å². The molecule has 41 heavy (non-hydrogen) atoms. The molecule has 2 atom stereocenters. The monoisotopic (exact) mass is 558 g/mol. The van der Waals surface area contributed by atoms with Crippen LogP contribution in [0.25, 0.3) is 10.9 Å². The molecule has 1 heterocycles. The summed E-state index contributed by atoms with van der Waals surface area (Å²) in [5.41, 5.74) is 6.96. The molecule has 218 valence electrons. The predicted molar refractivity (Wildman–Crippen MR) is 159 cm³/mol. The molecular formula is C33H42N4O4. The molecular weight excluding hydrogens is 516 g/mol. The summed E-state index contributed by atoms with van der Waals surface area (Å²) in [5, 5.41) is 27.7. The first-order chi connectivity index (χ1) is 19.9. The van der Waals surface area contributed by atoms with Crippen LogP contribution in [-0.2, 0) is 16.0 Å². The number of amides is 2. The highest BCUT2D eigenvalue weighted by Crippen LogP contribution is 2.53. The number of carbonyl (C=O) groups excluding carboxylic acids is 2. The van der Waals surface area contributed by atoms with Gasteiger partial charge in [0.1, 0.15) is 12.6 Å². The van der Waals surface area contributed by atoms with Crippen LogP contribution in [0.1, 0.15) is 61.4 Å². The number of nitrogens with zero attached hydrogens (tertiary/aromatic N) is 1. The Morgan fingerprint density at radius 1 is 0.927 bits per heavy atom. The molecule has 0 radical (unpaired) electrons. The molecule has 2 amide bonds. The molecule has 4 aliphatic carbocycles. The zero-order chi connectivity index (χ0) is 28.5. The van der Waals surface area contributed by atoms with Crippen LogP contribution in [-0.4, -0.2) is 51.9 Å². The summed E-state index contributed by atoms with van der Waals surface area (Å²) in [5.74, 6) is 2.83. The lowest BCUT2D eigenvalue weighted by molar-refractivity contribution is -0.124. The number of hydrogen-bond acceptors (Lipinski definition) is 5. The van der Waals surface area contributed by atoms with Crippen molar-refractivity contribution in [1.82, 2.24) is 15.3 Å². The molecule has 8 heteroatoms. The van der Waals surface area contributed by atoms with Gasteiger partial charge in [0.2, 0.25) is 11.8 Å². The lowest BCUT2D eigenvalue weighted by Crippen LogP contribution is -2.56. The summed E-state index contributed by atoms with van der Waals surface area (Å²) in [6.45, 7) is 1.83. The van der Waals surface area contributed by atoms with E-state index >= 15 is 0 Å². The van der Waals surface area contributed by atoms with Gasteiger partial charge in [-0.15, -0.1) is 0 Å². The van der Waals surface area contributed by atoms with Gasteiger partial charge in [-0.2, -0.15) is 0 Å². The van der Waals surface area contributed by atoms with E-state index in [-0.39, 0.29) is 31.4 Å². The fourth-order valence-electron chi connectivity index (χ4n) is 8.13. The summed E-state index contributed by atoms with van der Waals surface area (Å²) < 4.78 is 1.97. The minimum atomic E-state index is -0.997. The quantitative estimate of drug-likeness (QED) is 0.247. The van der Waals surface area contributed by atoms with Gasteiger partial charge < -0.3 is 26.3 Å². The van der Waals surface area contributed by atoms with Crippen LogP contribution < -0.4 is 16.1 Å². The summed E-state index contributed by atoms with van der Waals surface area (Å²) in [6.07, 6.45) is 6.19. The third kappa shape index (κ3) is 5.72. The van der Waals surface area contributed by atoms with Gasteiger partial charge in [-0.3, -0.25) is 14.3 Å². The average Bonchev–Trinajstić information content (AvgIpc) is 3.25. The van der Waals surface area contributed by atoms with Gasteiger partial charge in [-0.05, 0) is 86.3 Å². The van der Waals surface area contributed by atoms with E-state index in [4.69, 9.17) is 0 Å². The van der Waals surface area contributed by atoms with Crippen LogP contribution in [0.5, 0.6) is 0 Å². The van der Waals surface area contributed by atoms with E-state index in [1.807, 2.05) is 54.1 Å². The third-order valence-corrected chi connectivity index (χ3v) is 9.86. The maximum absolute atomic E-state index is 13.1. The number of benzene rings is 2. The fraction of sp³-hybridized carbons (Fsp3) is 0.515. The molecule has 7 rings (SSSR count). The van der Waals surface area contributed by atoms with Gasteiger partial charge in [0, 0.05) is 23.5 Å². The first kappa shape index (κ1) is 27.8. The second-order valence-corrected chi connectivity index (χ2v) is 12.5. The van der Waals surface area contributed by atoms with Crippen LogP contribution in [0.4, 0.5) is 0 Å². The van der Waals surface area contributed by atoms with Crippen LogP contribution in [0, 0.1) is 30.6 Å². The molecule has 3 aromatic rings. The Labute approximate surface area is 241 Å². The fourth-order valence-corrected chi connectivity index (χ4v) is 8.13. The number of fused-ring (bicyclic) bond motifs is 1. The number of aliphatic hydroxyl groups is 2. The predicted octanol–water partition coefficient (Wildman–Crippen LogP) is 3.58. The Morgan fingerprint density at radius 3 is 2.27 bits per heavy atom. The van der Waals surface area contributed by atoms with E-state index in [0.29, 0.717) is 29.9 Å². The van der Waals surface area contributed by atoms with Crippen molar-refractivity contribution in [2.45, 2.75) is 70.1 Å². The van der Waals surface area contributed by atoms with Crippen LogP contribution in [0.2, 0.25) is 0 Å². The Bertz CT molecular complexity index is 1360. The first-order valence-corrected chi connectivity index (χ1v) is 15.2. The zero-order valence-corrected chi connectivity index (χ0v) is 23.8. The van der Waals surface area contributed by atoms with E-state index in [0.717, 1.165) is 34.0 Å². The molecule has 1 aromatic heterocycles. The average molecular weight is 559 g/mol. The second kappa shape index (κ2) is 11.9. The van der Waals surface area contributed by atoms with Crippen molar-refractivity contribution in [3.05, 3.63) is 71.4 Å². The molecule has 0 aliphatic heterocycles. The number of aryl methyl sites for hydroxylation is 1. The summed E-state index contributed by atoms with van der Waals surface area (Å²) in [4.78, 5) is 26.0. The lowest BCUT2D eigenvalue weighted by atomic mass is 9.54. The number of hydrogen-bond donors (Lipinski definition) is 5. The van der Waals surface area contributed by atoms with Crippen molar-refractivity contribution in [2.24, 2.45) is 23.7 Å². The summed E-state index contributed by atoms with van der Waals surface area (Å²) in [6, 6.07) is 16.6. The van der Waals surface area contributed by atoms with Crippen molar-refractivity contribution in [1.29, 1.82) is 0 Å². The normalized spacial score (nSPS) is 26.1. The molecule has 4 saturated carbocycles. The second-order valence-electron chi connectivity index (χ2n) is 12.5. The summed E-state index contributed by atoms with van der Waals surface area (Å²) >= 11 is 0. The van der Waals surface area contributed by atoms with E-state index in [2.05, 4.69) is 16.1 Å². The smallest absolute Gasteiger partial charge is 0.241 e. The number of rotatable bonds is 11. The van der Waals surface area contributed by atoms with Crippen LogP contribution in [0.3, 0.4) is 0 Å². The van der Waals surface area contributed by atoms with Gasteiger partial charge in [-0.25, -0.2) is 0 Å². The number of nitrogens with one attached hydrogen (secondary N) is 3. The largest absolute Gasteiger partial charge is 0.394 e. The Kier molecular flexibility index (Phi) is 8.04. The number of aromatic nitrogens is 1. The third-order valence-electron chi connectivity index (χ3n) is 9.86. The van der Waals surface area contributed by atoms with E-state index < -0.39 is 12.1 Å².